The van der Waals surface area contributed by atoms with Gasteiger partial charge in [-0.3, -0.25) is 9.59 Å². The van der Waals surface area contributed by atoms with Gasteiger partial charge in [0.25, 0.3) is 5.56 Å². The van der Waals surface area contributed by atoms with Gasteiger partial charge >= 0.3 is 0 Å². The third-order valence-corrected chi connectivity index (χ3v) is 7.10. The van der Waals surface area contributed by atoms with Gasteiger partial charge in [0.1, 0.15) is 11.4 Å². The second kappa shape index (κ2) is 9.49. The highest BCUT2D eigenvalue weighted by molar-refractivity contribution is 7.91. The highest BCUT2D eigenvalue weighted by atomic mass is 35.5. The number of carbonyl (C=O) groups is 1. The van der Waals surface area contributed by atoms with Crippen LogP contribution in [0.3, 0.4) is 0 Å². The normalized spacial score (nSPS) is 11.3. The molecule has 0 radical (unpaired) electrons. The van der Waals surface area contributed by atoms with Crippen LogP contribution in [0.1, 0.15) is 16.8 Å². The minimum atomic E-state index is -4.01. The van der Waals surface area contributed by atoms with E-state index in [1.807, 2.05) is 12.1 Å². The molecule has 2 aromatic carbocycles. The molecule has 0 aliphatic rings. The molecule has 0 aliphatic carbocycles. The number of pyridine rings is 1. The molecule has 3 aromatic rings. The fourth-order valence-corrected chi connectivity index (χ4v) is 5.05. The van der Waals surface area contributed by atoms with Crippen LogP contribution in [-0.2, 0) is 27.6 Å². The van der Waals surface area contributed by atoms with E-state index >= 15 is 0 Å². The molecule has 0 bridgehead atoms. The average molecular weight is 459 g/mol. The largest absolute Gasteiger partial charge is 0.354 e. The van der Waals surface area contributed by atoms with Gasteiger partial charge < -0.3 is 9.88 Å². The number of nitrogens with zero attached hydrogens (tertiary/aromatic N) is 1. The van der Waals surface area contributed by atoms with Crippen LogP contribution in [0.5, 0.6) is 0 Å². The van der Waals surface area contributed by atoms with E-state index in [2.05, 4.69) is 5.32 Å². The number of sulfone groups is 1. The van der Waals surface area contributed by atoms with Crippen molar-refractivity contribution >= 4 is 27.3 Å². The molecule has 0 aliphatic heterocycles. The van der Waals surface area contributed by atoms with Crippen LogP contribution in [0.2, 0.25) is 5.02 Å². The minimum absolute atomic E-state index is 0.0398. The third-order valence-electron chi connectivity index (χ3n) is 4.92. The first-order valence-electron chi connectivity index (χ1n) is 9.72. The Bertz CT molecular complexity index is 1250. The van der Waals surface area contributed by atoms with Gasteiger partial charge in [-0.2, -0.15) is 0 Å². The number of hydrogen-bond acceptors (Lipinski definition) is 4. The Hall–Kier alpha value is -2.90. The summed E-state index contributed by atoms with van der Waals surface area (Å²) >= 11 is 5.87. The van der Waals surface area contributed by atoms with Crippen molar-refractivity contribution in [1.29, 1.82) is 0 Å². The molecule has 3 rings (SSSR count). The van der Waals surface area contributed by atoms with E-state index in [0.29, 0.717) is 29.2 Å². The average Bonchev–Trinajstić information content (AvgIpc) is 2.73. The molecular weight excluding hydrogens is 436 g/mol. The smallest absolute Gasteiger partial charge is 0.270 e. The van der Waals surface area contributed by atoms with Crippen LogP contribution in [0, 0.1) is 13.8 Å². The summed E-state index contributed by atoms with van der Waals surface area (Å²) in [6.07, 6.45) is 0.609. The number of benzene rings is 2. The van der Waals surface area contributed by atoms with Gasteiger partial charge in [-0.25, -0.2) is 8.42 Å². The van der Waals surface area contributed by atoms with Gasteiger partial charge in [-0.15, -0.1) is 0 Å². The monoisotopic (exact) mass is 458 g/mol. The maximum atomic E-state index is 13.1. The Morgan fingerprint density at radius 1 is 1.03 bits per heavy atom. The summed E-state index contributed by atoms with van der Waals surface area (Å²) in [5, 5.41) is 3.41. The minimum Gasteiger partial charge on any atom is -0.354 e. The molecule has 0 unspecified atom stereocenters. The first kappa shape index (κ1) is 22.8. The predicted octanol–water partition coefficient (Wildman–Crippen LogP) is 3.31. The van der Waals surface area contributed by atoms with E-state index in [-0.39, 0.29) is 22.2 Å². The number of nitrogens with one attached hydrogen (secondary N) is 1. The van der Waals surface area contributed by atoms with Crippen LogP contribution < -0.4 is 10.9 Å². The molecule has 1 heterocycles. The molecule has 0 saturated carbocycles. The number of amides is 1. The highest BCUT2D eigenvalue weighted by Crippen LogP contribution is 2.21. The Labute approximate surface area is 186 Å². The van der Waals surface area contributed by atoms with Crippen LogP contribution in [-0.4, -0.2) is 25.4 Å². The van der Waals surface area contributed by atoms with E-state index in [9.17, 15) is 18.0 Å². The summed E-state index contributed by atoms with van der Waals surface area (Å²) in [6.45, 7) is 3.38. The van der Waals surface area contributed by atoms with E-state index in [4.69, 9.17) is 11.6 Å². The third kappa shape index (κ3) is 5.24. The molecule has 6 nitrogen and oxygen atoms in total. The molecule has 0 saturated heterocycles. The van der Waals surface area contributed by atoms with E-state index in [0.717, 1.165) is 5.56 Å². The zero-order chi connectivity index (χ0) is 22.6. The standard InChI is InChI=1S/C23H23ClN2O4S/c1-16-14-17(2)26(15-21(27)25-13-12-18-8-10-19(24)11-9-18)23(28)22(16)31(29,30)20-6-4-3-5-7-20/h3-11,14H,12-13,15H2,1-2H3,(H,25,27). The van der Waals surface area contributed by atoms with Crippen molar-refractivity contribution in [2.45, 2.75) is 36.6 Å². The fourth-order valence-electron chi connectivity index (χ4n) is 3.35. The molecule has 1 aromatic heterocycles. The summed E-state index contributed by atoms with van der Waals surface area (Å²) in [5.74, 6) is -0.369. The van der Waals surface area contributed by atoms with Crippen LogP contribution >= 0.6 is 11.6 Å². The maximum Gasteiger partial charge on any atom is 0.270 e. The van der Waals surface area contributed by atoms with Gasteiger partial charge in [0.2, 0.25) is 15.7 Å². The highest BCUT2D eigenvalue weighted by Gasteiger charge is 2.26. The quantitative estimate of drug-likeness (QED) is 0.588. The van der Waals surface area contributed by atoms with Crippen molar-refractivity contribution in [3.63, 3.8) is 0 Å². The second-order valence-corrected chi connectivity index (χ2v) is 9.56. The lowest BCUT2D eigenvalue weighted by Crippen LogP contribution is -2.36. The molecule has 8 heteroatoms. The first-order chi connectivity index (χ1) is 14.7. The van der Waals surface area contributed by atoms with Gasteiger partial charge in [0.15, 0.2) is 0 Å². The Morgan fingerprint density at radius 2 is 1.68 bits per heavy atom. The van der Waals surface area contributed by atoms with Gasteiger partial charge in [0.05, 0.1) is 4.90 Å². The zero-order valence-electron chi connectivity index (χ0n) is 17.3. The Balaban J connectivity index is 1.80. The Morgan fingerprint density at radius 3 is 2.32 bits per heavy atom. The maximum absolute atomic E-state index is 13.1. The van der Waals surface area contributed by atoms with E-state index < -0.39 is 15.4 Å². The molecule has 0 fully saturated rings. The van der Waals surface area contributed by atoms with E-state index in [1.165, 1.54) is 16.7 Å². The van der Waals surface area contributed by atoms with Gasteiger partial charge in [-0.05, 0) is 61.7 Å². The van der Waals surface area contributed by atoms with Gasteiger partial charge in [-0.1, -0.05) is 41.9 Å². The van der Waals surface area contributed by atoms with Crippen molar-refractivity contribution in [3.05, 3.63) is 92.9 Å². The van der Waals surface area contributed by atoms with Crippen LogP contribution in [0.4, 0.5) is 0 Å². The molecule has 1 amide bonds. The van der Waals surface area contributed by atoms with Crippen molar-refractivity contribution < 1.29 is 13.2 Å². The number of carbonyl (C=O) groups excluding carboxylic acids is 1. The fraction of sp³-hybridized carbons (Fsp3) is 0.217. The van der Waals surface area contributed by atoms with Crippen molar-refractivity contribution in [1.82, 2.24) is 9.88 Å². The number of aryl methyl sites for hydroxylation is 2. The summed E-state index contributed by atoms with van der Waals surface area (Å²) in [4.78, 5) is 25.3. The number of aromatic nitrogens is 1. The lowest BCUT2D eigenvalue weighted by atomic mass is 10.1. The predicted molar refractivity (Wildman–Crippen MR) is 120 cm³/mol. The summed E-state index contributed by atoms with van der Waals surface area (Å²) in [6, 6.07) is 16.7. The van der Waals surface area contributed by atoms with Crippen molar-refractivity contribution in [3.8, 4) is 0 Å². The first-order valence-corrected chi connectivity index (χ1v) is 11.6. The SMILES string of the molecule is Cc1cc(C)n(CC(=O)NCCc2ccc(Cl)cc2)c(=O)c1S(=O)(=O)c1ccccc1. The molecule has 162 valence electrons. The van der Waals surface area contributed by atoms with E-state index in [1.54, 1.807) is 50.2 Å². The Kier molecular flexibility index (Phi) is 6.97. The molecule has 1 N–H and O–H groups in total. The number of rotatable bonds is 7. The summed E-state index contributed by atoms with van der Waals surface area (Å²) in [5.41, 5.74) is 1.19. The molecule has 0 spiro atoms. The molecule has 31 heavy (non-hydrogen) atoms. The number of hydrogen-bond donors (Lipinski definition) is 1. The van der Waals surface area contributed by atoms with Crippen LogP contribution in [0.25, 0.3) is 0 Å². The number of halogens is 1. The summed E-state index contributed by atoms with van der Waals surface area (Å²) in [7, 11) is -4.01. The van der Waals surface area contributed by atoms with Gasteiger partial charge in [0, 0.05) is 17.3 Å². The lowest BCUT2D eigenvalue weighted by Gasteiger charge is -2.15. The molecular formula is C23H23ClN2O4S. The topological polar surface area (TPSA) is 85.2 Å². The second-order valence-electron chi connectivity index (χ2n) is 7.23. The van der Waals surface area contributed by atoms with Crippen molar-refractivity contribution in [2.75, 3.05) is 6.54 Å². The van der Waals surface area contributed by atoms with Crippen LogP contribution in [0.15, 0.2) is 75.2 Å². The molecule has 0 atom stereocenters. The zero-order valence-corrected chi connectivity index (χ0v) is 18.8. The summed E-state index contributed by atoms with van der Waals surface area (Å²) < 4.78 is 27.3. The lowest BCUT2D eigenvalue weighted by molar-refractivity contribution is -0.121. The van der Waals surface area contributed by atoms with Crippen molar-refractivity contribution in [2.24, 2.45) is 0 Å².